The van der Waals surface area contributed by atoms with Crippen LogP contribution in [-0.4, -0.2) is 33.7 Å². The van der Waals surface area contributed by atoms with Crippen LogP contribution in [0.3, 0.4) is 0 Å². The highest BCUT2D eigenvalue weighted by atomic mass is 19.1. The van der Waals surface area contributed by atoms with E-state index in [1.165, 1.54) is 29.0 Å². The second-order valence-electron chi connectivity index (χ2n) is 7.79. The highest BCUT2D eigenvalue weighted by molar-refractivity contribution is 5.41. The molecule has 1 aliphatic rings. The summed E-state index contributed by atoms with van der Waals surface area (Å²) in [5, 5.41) is 8.87. The minimum Gasteiger partial charge on any atom is -0.490 e. The molecular weight excluding hydrogens is 409 g/mol. The van der Waals surface area contributed by atoms with Crippen molar-refractivity contribution in [3.63, 3.8) is 0 Å². The van der Waals surface area contributed by atoms with Crippen molar-refractivity contribution < 1.29 is 9.13 Å². The van der Waals surface area contributed by atoms with Crippen LogP contribution in [0.5, 0.6) is 5.75 Å². The standard InChI is InChI=1S/C24H24FN5O2/c1-2-3-18-15-27-24(28-16-18)29-9-6-19(7-10-29)32-20-8-11-30(23(31)13-20)22-5-4-17(14-26)12-21(22)25/h4-5,8,11-13,15-16,19H,2-3,6-7,9-10H2,1H3. The van der Waals surface area contributed by atoms with E-state index in [0.717, 1.165) is 56.4 Å². The molecule has 0 spiro atoms. The number of halogens is 1. The summed E-state index contributed by atoms with van der Waals surface area (Å²) >= 11 is 0. The van der Waals surface area contributed by atoms with Crippen LogP contribution in [0.1, 0.15) is 37.3 Å². The van der Waals surface area contributed by atoms with Crippen molar-refractivity contribution >= 4 is 5.95 Å². The summed E-state index contributed by atoms with van der Waals surface area (Å²) in [6, 6.07) is 8.90. The van der Waals surface area contributed by atoms with E-state index in [2.05, 4.69) is 21.8 Å². The lowest BCUT2D eigenvalue weighted by Gasteiger charge is -2.32. The molecule has 3 heterocycles. The Kier molecular flexibility index (Phi) is 6.45. The molecule has 1 aromatic carbocycles. The van der Waals surface area contributed by atoms with Gasteiger partial charge in [0.2, 0.25) is 5.95 Å². The van der Waals surface area contributed by atoms with Gasteiger partial charge in [0.15, 0.2) is 0 Å². The Morgan fingerprint density at radius 3 is 2.56 bits per heavy atom. The number of benzene rings is 1. The number of aryl methyl sites for hydroxylation is 1. The van der Waals surface area contributed by atoms with E-state index in [1.807, 2.05) is 18.5 Å². The number of nitrogens with zero attached hydrogens (tertiary/aromatic N) is 5. The van der Waals surface area contributed by atoms with Crippen molar-refractivity contribution in [2.24, 2.45) is 0 Å². The average molecular weight is 433 g/mol. The number of rotatable bonds is 6. The third-order valence-electron chi connectivity index (χ3n) is 5.49. The Labute approximate surface area is 185 Å². The molecule has 0 atom stereocenters. The van der Waals surface area contributed by atoms with Crippen LogP contribution in [0.2, 0.25) is 0 Å². The maximum Gasteiger partial charge on any atom is 0.258 e. The number of nitriles is 1. The molecule has 8 heteroatoms. The van der Waals surface area contributed by atoms with Gasteiger partial charge < -0.3 is 9.64 Å². The average Bonchev–Trinajstić information content (AvgIpc) is 2.81. The summed E-state index contributed by atoms with van der Waals surface area (Å²) in [6.45, 7) is 3.67. The van der Waals surface area contributed by atoms with Gasteiger partial charge in [-0.3, -0.25) is 9.36 Å². The number of ether oxygens (including phenoxy) is 1. The molecule has 32 heavy (non-hydrogen) atoms. The highest BCUT2D eigenvalue weighted by Crippen LogP contribution is 2.21. The third-order valence-corrected chi connectivity index (χ3v) is 5.49. The van der Waals surface area contributed by atoms with Crippen LogP contribution in [-0.2, 0) is 6.42 Å². The topological polar surface area (TPSA) is 84.0 Å². The Morgan fingerprint density at radius 1 is 1.19 bits per heavy atom. The fraction of sp³-hybridized carbons (Fsp3) is 0.333. The molecule has 4 rings (SSSR count). The molecule has 0 aliphatic carbocycles. The molecule has 164 valence electrons. The van der Waals surface area contributed by atoms with E-state index in [1.54, 1.807) is 6.07 Å². The summed E-state index contributed by atoms with van der Waals surface area (Å²) < 4.78 is 21.5. The van der Waals surface area contributed by atoms with E-state index < -0.39 is 11.4 Å². The Balaban J connectivity index is 1.38. The fourth-order valence-corrected chi connectivity index (χ4v) is 3.80. The van der Waals surface area contributed by atoms with Crippen LogP contribution in [0, 0.1) is 17.1 Å². The molecule has 1 fully saturated rings. The summed E-state index contributed by atoms with van der Waals surface area (Å²) in [5.41, 5.74) is 1.04. The quantitative estimate of drug-likeness (QED) is 0.590. The second-order valence-corrected chi connectivity index (χ2v) is 7.79. The van der Waals surface area contributed by atoms with E-state index in [-0.39, 0.29) is 17.4 Å². The van der Waals surface area contributed by atoms with E-state index >= 15 is 0 Å². The minimum absolute atomic E-state index is 0.0208. The zero-order valence-corrected chi connectivity index (χ0v) is 17.9. The molecular formula is C24H24FN5O2. The summed E-state index contributed by atoms with van der Waals surface area (Å²) in [6.07, 6.45) is 8.86. The number of aromatic nitrogens is 3. The van der Waals surface area contributed by atoms with Crippen molar-refractivity contribution in [3.05, 3.63) is 76.2 Å². The molecule has 0 N–H and O–H groups in total. The van der Waals surface area contributed by atoms with Gasteiger partial charge in [0.25, 0.3) is 5.56 Å². The lowest BCUT2D eigenvalue weighted by Crippen LogP contribution is -2.39. The van der Waals surface area contributed by atoms with Crippen molar-refractivity contribution in [1.29, 1.82) is 5.26 Å². The highest BCUT2D eigenvalue weighted by Gasteiger charge is 2.22. The fourth-order valence-electron chi connectivity index (χ4n) is 3.80. The number of anilines is 1. The molecule has 1 aliphatic heterocycles. The molecule has 7 nitrogen and oxygen atoms in total. The van der Waals surface area contributed by atoms with Gasteiger partial charge in [-0.1, -0.05) is 13.3 Å². The van der Waals surface area contributed by atoms with Gasteiger partial charge in [0, 0.05) is 50.6 Å². The van der Waals surface area contributed by atoms with Gasteiger partial charge >= 0.3 is 0 Å². The Morgan fingerprint density at radius 2 is 1.94 bits per heavy atom. The summed E-state index contributed by atoms with van der Waals surface area (Å²) in [7, 11) is 0. The molecule has 1 saturated heterocycles. The smallest absolute Gasteiger partial charge is 0.258 e. The van der Waals surface area contributed by atoms with Gasteiger partial charge in [-0.2, -0.15) is 5.26 Å². The first-order valence-corrected chi connectivity index (χ1v) is 10.7. The summed E-state index contributed by atoms with van der Waals surface area (Å²) in [5.74, 6) is 0.561. The van der Waals surface area contributed by atoms with Crippen molar-refractivity contribution in [3.8, 4) is 17.5 Å². The zero-order chi connectivity index (χ0) is 22.5. The molecule has 0 saturated carbocycles. The van der Waals surface area contributed by atoms with Gasteiger partial charge in [-0.25, -0.2) is 14.4 Å². The second kappa shape index (κ2) is 9.60. The van der Waals surface area contributed by atoms with Gasteiger partial charge in [-0.15, -0.1) is 0 Å². The Bertz CT molecular complexity index is 1180. The van der Waals surface area contributed by atoms with Gasteiger partial charge in [-0.05, 0) is 36.2 Å². The monoisotopic (exact) mass is 433 g/mol. The van der Waals surface area contributed by atoms with Crippen LogP contribution >= 0.6 is 0 Å². The molecule has 0 unspecified atom stereocenters. The van der Waals surface area contributed by atoms with E-state index in [4.69, 9.17) is 10.00 Å². The Hall–Kier alpha value is -3.73. The predicted molar refractivity (Wildman–Crippen MR) is 119 cm³/mol. The first kappa shape index (κ1) is 21.5. The first-order valence-electron chi connectivity index (χ1n) is 10.7. The molecule has 3 aromatic rings. The van der Waals surface area contributed by atoms with Crippen LogP contribution in [0.25, 0.3) is 5.69 Å². The largest absolute Gasteiger partial charge is 0.490 e. The number of hydrogen-bond acceptors (Lipinski definition) is 6. The minimum atomic E-state index is -0.628. The van der Waals surface area contributed by atoms with Crippen LogP contribution < -0.4 is 15.2 Å². The predicted octanol–water partition coefficient (Wildman–Crippen LogP) is 3.64. The SMILES string of the molecule is CCCc1cnc(N2CCC(Oc3ccn(-c4ccc(C#N)cc4F)c(=O)c3)CC2)nc1. The lowest BCUT2D eigenvalue weighted by atomic mass is 10.1. The maximum absolute atomic E-state index is 14.3. The summed E-state index contributed by atoms with van der Waals surface area (Å²) in [4.78, 5) is 23.6. The third kappa shape index (κ3) is 4.78. The molecule has 0 radical (unpaired) electrons. The van der Waals surface area contributed by atoms with Gasteiger partial charge in [0.1, 0.15) is 17.7 Å². The number of pyridine rings is 1. The van der Waals surface area contributed by atoms with Crippen LogP contribution in [0.4, 0.5) is 10.3 Å². The van der Waals surface area contributed by atoms with Crippen LogP contribution in [0.15, 0.2) is 53.7 Å². The zero-order valence-electron chi connectivity index (χ0n) is 17.9. The van der Waals surface area contributed by atoms with Crippen molar-refractivity contribution in [1.82, 2.24) is 14.5 Å². The van der Waals surface area contributed by atoms with Gasteiger partial charge in [0.05, 0.1) is 17.3 Å². The maximum atomic E-state index is 14.3. The van der Waals surface area contributed by atoms with E-state index in [9.17, 15) is 9.18 Å². The van der Waals surface area contributed by atoms with Crippen molar-refractivity contribution in [2.75, 3.05) is 18.0 Å². The first-order chi connectivity index (χ1) is 15.6. The molecule has 2 aromatic heterocycles. The normalized spacial score (nSPS) is 14.2. The lowest BCUT2D eigenvalue weighted by molar-refractivity contribution is 0.170. The number of hydrogen-bond donors (Lipinski definition) is 0. The number of piperidine rings is 1. The molecule has 0 bridgehead atoms. The molecule has 0 amide bonds. The van der Waals surface area contributed by atoms with E-state index in [0.29, 0.717) is 5.75 Å². The van der Waals surface area contributed by atoms with Crippen molar-refractivity contribution in [2.45, 2.75) is 38.7 Å².